The van der Waals surface area contributed by atoms with Gasteiger partial charge in [-0.2, -0.15) is 0 Å². The molecule has 0 saturated carbocycles. The maximum absolute atomic E-state index is 11.4. The van der Waals surface area contributed by atoms with Crippen molar-refractivity contribution < 1.29 is 9.53 Å². The van der Waals surface area contributed by atoms with E-state index in [2.05, 4.69) is 4.99 Å². The number of aliphatic imine (C=N–C) groups is 1. The van der Waals surface area contributed by atoms with E-state index in [4.69, 9.17) is 4.74 Å². The number of benzene rings is 1. The number of carbonyl (C=O) groups is 1. The second kappa shape index (κ2) is 5.60. The second-order valence-corrected chi connectivity index (χ2v) is 5.58. The van der Waals surface area contributed by atoms with Crippen LogP contribution in [0, 0.1) is 0 Å². The minimum Gasteiger partial charge on any atom is -0.469 e. The van der Waals surface area contributed by atoms with Gasteiger partial charge in [0.05, 0.1) is 29.5 Å². The summed E-state index contributed by atoms with van der Waals surface area (Å²) in [5, 5.41) is 1.06. The first-order chi connectivity index (χ1) is 8.24. The van der Waals surface area contributed by atoms with E-state index in [0.717, 1.165) is 15.6 Å². The molecule has 17 heavy (non-hydrogen) atoms. The van der Waals surface area contributed by atoms with E-state index >= 15 is 0 Å². The highest BCUT2D eigenvalue weighted by Gasteiger charge is 2.25. The Morgan fingerprint density at radius 1 is 1.53 bits per heavy atom. The molecule has 3 nitrogen and oxygen atoms in total. The molecule has 0 fully saturated rings. The van der Waals surface area contributed by atoms with Crippen molar-refractivity contribution in [2.24, 2.45) is 4.99 Å². The van der Waals surface area contributed by atoms with Gasteiger partial charge >= 0.3 is 5.97 Å². The smallest absolute Gasteiger partial charge is 0.307 e. The molecule has 1 unspecified atom stereocenters. The summed E-state index contributed by atoms with van der Waals surface area (Å²) >= 11 is 3.27. The summed E-state index contributed by atoms with van der Waals surface area (Å²) < 4.78 is 4.72. The van der Waals surface area contributed by atoms with E-state index < -0.39 is 0 Å². The summed E-state index contributed by atoms with van der Waals surface area (Å²) in [7, 11) is 1.42. The minimum absolute atomic E-state index is 0.0762. The summed E-state index contributed by atoms with van der Waals surface area (Å²) in [5.74, 6) is -0.191. The Labute approximate surface area is 109 Å². The van der Waals surface area contributed by atoms with E-state index in [9.17, 15) is 4.79 Å². The number of nitrogens with zero attached hydrogens (tertiary/aromatic N) is 1. The molecule has 1 aromatic carbocycles. The van der Waals surface area contributed by atoms with Gasteiger partial charge in [-0.1, -0.05) is 12.1 Å². The fourth-order valence-electron chi connectivity index (χ4n) is 1.58. The number of fused-ring (bicyclic) bond motifs is 1. The number of rotatable bonds is 2. The standard InChI is InChI=1S/C12H13NO2S2/c1-15-11(14)7-10-12(16-2)13-8-5-3-4-6-9(8)17-10/h3-6,10H,7H2,1-2H3. The largest absolute Gasteiger partial charge is 0.469 e. The normalized spacial score (nSPS) is 18.2. The zero-order valence-corrected chi connectivity index (χ0v) is 11.3. The second-order valence-electron chi connectivity index (χ2n) is 3.51. The van der Waals surface area contributed by atoms with Crippen molar-refractivity contribution in [3.05, 3.63) is 24.3 Å². The van der Waals surface area contributed by atoms with Gasteiger partial charge in [-0.15, -0.1) is 23.5 Å². The Morgan fingerprint density at radius 3 is 3.00 bits per heavy atom. The predicted molar refractivity (Wildman–Crippen MR) is 73.3 cm³/mol. The van der Waals surface area contributed by atoms with E-state index in [0.29, 0.717) is 6.42 Å². The number of methoxy groups -OCH3 is 1. The van der Waals surface area contributed by atoms with Gasteiger partial charge in [0.15, 0.2) is 0 Å². The number of hydrogen-bond acceptors (Lipinski definition) is 5. The van der Waals surface area contributed by atoms with Crippen LogP contribution in [0.15, 0.2) is 34.2 Å². The summed E-state index contributed by atoms with van der Waals surface area (Å²) in [6.07, 6.45) is 2.35. The maximum Gasteiger partial charge on any atom is 0.307 e. The Hall–Kier alpha value is -0.940. The van der Waals surface area contributed by atoms with Gasteiger partial charge in [0.2, 0.25) is 0 Å². The molecule has 5 heteroatoms. The molecule has 0 radical (unpaired) electrons. The van der Waals surface area contributed by atoms with Crippen LogP contribution in [0.2, 0.25) is 0 Å². The van der Waals surface area contributed by atoms with Gasteiger partial charge in [-0.3, -0.25) is 4.79 Å². The fourth-order valence-corrected chi connectivity index (χ4v) is 3.62. The number of ether oxygens (including phenoxy) is 1. The van der Waals surface area contributed by atoms with Crippen LogP contribution in [0.3, 0.4) is 0 Å². The van der Waals surface area contributed by atoms with Crippen LogP contribution >= 0.6 is 23.5 Å². The third-order valence-corrected chi connectivity index (χ3v) is 4.65. The molecule has 2 rings (SSSR count). The molecular formula is C12H13NO2S2. The maximum atomic E-state index is 11.4. The SMILES string of the molecule is COC(=O)CC1Sc2ccccc2N=C1SC. The third-order valence-electron chi connectivity index (χ3n) is 2.43. The van der Waals surface area contributed by atoms with Gasteiger partial charge in [0.25, 0.3) is 0 Å². The number of thioether (sulfide) groups is 2. The van der Waals surface area contributed by atoms with Gasteiger partial charge in [-0.25, -0.2) is 4.99 Å². The molecule has 0 amide bonds. The molecule has 0 saturated heterocycles. The van der Waals surface area contributed by atoms with E-state index in [1.807, 2.05) is 30.5 Å². The zero-order chi connectivity index (χ0) is 12.3. The van der Waals surface area contributed by atoms with Crippen LogP contribution in [-0.2, 0) is 9.53 Å². The van der Waals surface area contributed by atoms with E-state index in [1.165, 1.54) is 7.11 Å². The van der Waals surface area contributed by atoms with Crippen LogP contribution in [0.25, 0.3) is 0 Å². The molecule has 90 valence electrons. The monoisotopic (exact) mass is 267 g/mol. The molecule has 0 aliphatic carbocycles. The molecule has 1 atom stereocenters. The van der Waals surface area contributed by atoms with Gasteiger partial charge < -0.3 is 4.74 Å². The number of hydrogen-bond donors (Lipinski definition) is 0. The molecule has 1 aromatic rings. The Morgan fingerprint density at radius 2 is 2.29 bits per heavy atom. The quantitative estimate of drug-likeness (QED) is 0.772. The first-order valence-corrected chi connectivity index (χ1v) is 7.30. The summed E-state index contributed by atoms with van der Waals surface area (Å²) in [5.41, 5.74) is 0.989. The summed E-state index contributed by atoms with van der Waals surface area (Å²) in [6, 6.07) is 7.99. The van der Waals surface area contributed by atoms with Crippen LogP contribution in [0.5, 0.6) is 0 Å². The Balaban J connectivity index is 2.24. The third kappa shape index (κ3) is 2.84. The average Bonchev–Trinajstić information content (AvgIpc) is 2.37. The molecule has 0 spiro atoms. The lowest BCUT2D eigenvalue weighted by Crippen LogP contribution is -2.21. The Bertz CT molecular complexity index is 460. The van der Waals surface area contributed by atoms with Crippen molar-refractivity contribution in [3.8, 4) is 0 Å². The lowest BCUT2D eigenvalue weighted by Gasteiger charge is -2.22. The number of para-hydroxylation sites is 1. The van der Waals surface area contributed by atoms with Crippen LogP contribution in [0.1, 0.15) is 6.42 Å². The first-order valence-electron chi connectivity index (χ1n) is 5.19. The topological polar surface area (TPSA) is 38.7 Å². The Kier molecular flexibility index (Phi) is 4.12. The van der Waals surface area contributed by atoms with Crippen molar-refractivity contribution in [1.29, 1.82) is 0 Å². The van der Waals surface area contributed by atoms with E-state index in [-0.39, 0.29) is 11.2 Å². The lowest BCUT2D eigenvalue weighted by atomic mass is 10.3. The lowest BCUT2D eigenvalue weighted by molar-refractivity contribution is -0.140. The van der Waals surface area contributed by atoms with Crippen LogP contribution in [0.4, 0.5) is 5.69 Å². The van der Waals surface area contributed by atoms with Crippen molar-refractivity contribution in [1.82, 2.24) is 0 Å². The van der Waals surface area contributed by atoms with Crippen molar-refractivity contribution in [3.63, 3.8) is 0 Å². The fraction of sp³-hybridized carbons (Fsp3) is 0.333. The molecule has 1 heterocycles. The van der Waals surface area contributed by atoms with Crippen molar-refractivity contribution in [2.45, 2.75) is 16.6 Å². The predicted octanol–water partition coefficient (Wildman–Crippen LogP) is 3.12. The first kappa shape index (κ1) is 12.5. The van der Waals surface area contributed by atoms with E-state index in [1.54, 1.807) is 23.5 Å². The highest BCUT2D eigenvalue weighted by Crippen LogP contribution is 2.40. The van der Waals surface area contributed by atoms with Crippen molar-refractivity contribution in [2.75, 3.05) is 13.4 Å². The summed E-state index contributed by atoms with van der Waals surface area (Å²) in [4.78, 5) is 17.1. The average molecular weight is 267 g/mol. The molecule has 1 aliphatic rings. The number of carbonyl (C=O) groups excluding carboxylic acids is 1. The molecular weight excluding hydrogens is 254 g/mol. The molecule has 1 aliphatic heterocycles. The molecule has 0 N–H and O–H groups in total. The van der Waals surface area contributed by atoms with Crippen LogP contribution < -0.4 is 0 Å². The zero-order valence-electron chi connectivity index (χ0n) is 9.67. The summed E-state index contributed by atoms with van der Waals surface area (Å²) in [6.45, 7) is 0. The van der Waals surface area contributed by atoms with Crippen molar-refractivity contribution >= 4 is 40.2 Å². The molecule has 0 bridgehead atoms. The molecule has 0 aromatic heterocycles. The van der Waals surface area contributed by atoms with Gasteiger partial charge in [0.1, 0.15) is 0 Å². The number of esters is 1. The highest BCUT2D eigenvalue weighted by atomic mass is 32.2. The highest BCUT2D eigenvalue weighted by molar-refractivity contribution is 8.16. The minimum atomic E-state index is -0.191. The van der Waals surface area contributed by atoms with Gasteiger partial charge in [0, 0.05) is 4.90 Å². The van der Waals surface area contributed by atoms with Gasteiger partial charge in [-0.05, 0) is 18.4 Å². The van der Waals surface area contributed by atoms with Crippen LogP contribution in [-0.4, -0.2) is 29.6 Å².